The molecule has 0 fully saturated rings. The van der Waals surface area contributed by atoms with Gasteiger partial charge in [0.15, 0.2) is 0 Å². The topological polar surface area (TPSA) is 60.9 Å². The standard InChI is InChI=1S/C13H26N2O3/c1-5-11(4)10-15(7-3)13(18)14(6-2)9-8-12(16)17/h11H,5-10H2,1-4H3,(H,16,17). The van der Waals surface area contributed by atoms with Crippen molar-refractivity contribution in [2.75, 3.05) is 26.2 Å². The van der Waals surface area contributed by atoms with Gasteiger partial charge in [0, 0.05) is 26.2 Å². The predicted molar refractivity (Wildman–Crippen MR) is 71.6 cm³/mol. The van der Waals surface area contributed by atoms with Gasteiger partial charge >= 0.3 is 12.0 Å². The maximum Gasteiger partial charge on any atom is 0.320 e. The highest BCUT2D eigenvalue weighted by Crippen LogP contribution is 2.07. The molecule has 2 amide bonds. The van der Waals surface area contributed by atoms with E-state index in [0.29, 0.717) is 19.0 Å². The SMILES string of the molecule is CCC(C)CN(CC)C(=O)N(CC)CCC(=O)O. The van der Waals surface area contributed by atoms with Gasteiger partial charge in [0.1, 0.15) is 0 Å². The minimum Gasteiger partial charge on any atom is -0.481 e. The normalized spacial score (nSPS) is 12.0. The Morgan fingerprint density at radius 2 is 1.67 bits per heavy atom. The number of aliphatic carboxylic acids is 1. The molecule has 0 radical (unpaired) electrons. The second-order valence-corrected chi connectivity index (χ2v) is 4.56. The van der Waals surface area contributed by atoms with E-state index in [0.717, 1.165) is 13.0 Å². The Hall–Kier alpha value is -1.26. The third-order valence-electron chi connectivity index (χ3n) is 3.13. The highest BCUT2D eigenvalue weighted by Gasteiger charge is 2.20. The van der Waals surface area contributed by atoms with Crippen LogP contribution in [-0.4, -0.2) is 53.1 Å². The zero-order valence-corrected chi connectivity index (χ0v) is 12.0. The molecular weight excluding hydrogens is 232 g/mol. The Kier molecular flexibility index (Phi) is 8.16. The van der Waals surface area contributed by atoms with Gasteiger partial charge in [0.2, 0.25) is 0 Å². The van der Waals surface area contributed by atoms with E-state index in [2.05, 4.69) is 13.8 Å². The molecule has 0 aliphatic heterocycles. The Labute approximate surface area is 110 Å². The van der Waals surface area contributed by atoms with Crippen LogP contribution in [0.25, 0.3) is 0 Å². The van der Waals surface area contributed by atoms with Crippen molar-refractivity contribution < 1.29 is 14.7 Å². The van der Waals surface area contributed by atoms with Crippen molar-refractivity contribution in [2.45, 2.75) is 40.5 Å². The Balaban J connectivity index is 4.47. The van der Waals surface area contributed by atoms with Crippen molar-refractivity contribution >= 4 is 12.0 Å². The van der Waals surface area contributed by atoms with Crippen LogP contribution < -0.4 is 0 Å². The lowest BCUT2D eigenvalue weighted by molar-refractivity contribution is -0.137. The number of urea groups is 1. The molecule has 5 nitrogen and oxygen atoms in total. The molecule has 0 aromatic rings. The molecule has 0 aromatic carbocycles. The molecule has 0 bridgehead atoms. The van der Waals surface area contributed by atoms with E-state index in [1.165, 1.54) is 0 Å². The molecule has 0 rings (SSSR count). The molecule has 106 valence electrons. The number of nitrogens with zero attached hydrogens (tertiary/aromatic N) is 2. The molecular formula is C13H26N2O3. The first-order valence-corrected chi connectivity index (χ1v) is 6.71. The summed E-state index contributed by atoms with van der Waals surface area (Å²) in [5.74, 6) is -0.404. The van der Waals surface area contributed by atoms with Gasteiger partial charge in [0.05, 0.1) is 6.42 Å². The van der Waals surface area contributed by atoms with Crippen LogP contribution >= 0.6 is 0 Å². The summed E-state index contributed by atoms with van der Waals surface area (Å²) >= 11 is 0. The molecule has 0 saturated heterocycles. The highest BCUT2D eigenvalue weighted by atomic mass is 16.4. The van der Waals surface area contributed by atoms with E-state index < -0.39 is 5.97 Å². The molecule has 1 unspecified atom stereocenters. The van der Waals surface area contributed by atoms with Crippen molar-refractivity contribution in [3.63, 3.8) is 0 Å². The van der Waals surface area contributed by atoms with Crippen molar-refractivity contribution in [1.29, 1.82) is 0 Å². The number of carboxylic acid groups (broad SMARTS) is 1. The Morgan fingerprint density at radius 1 is 1.11 bits per heavy atom. The molecule has 0 spiro atoms. The molecule has 18 heavy (non-hydrogen) atoms. The van der Waals surface area contributed by atoms with Crippen LogP contribution in [0.15, 0.2) is 0 Å². The zero-order valence-electron chi connectivity index (χ0n) is 12.0. The largest absolute Gasteiger partial charge is 0.481 e. The van der Waals surface area contributed by atoms with Crippen molar-refractivity contribution in [2.24, 2.45) is 5.92 Å². The second kappa shape index (κ2) is 8.78. The lowest BCUT2D eigenvalue weighted by atomic mass is 10.1. The van der Waals surface area contributed by atoms with Crippen LogP contribution in [0.3, 0.4) is 0 Å². The van der Waals surface area contributed by atoms with Crippen LogP contribution in [0.5, 0.6) is 0 Å². The summed E-state index contributed by atoms with van der Waals surface area (Å²) in [5, 5.41) is 8.67. The molecule has 0 saturated carbocycles. The average molecular weight is 258 g/mol. The average Bonchev–Trinajstić information content (AvgIpc) is 2.35. The van der Waals surface area contributed by atoms with Gasteiger partial charge in [-0.25, -0.2) is 4.79 Å². The fourth-order valence-electron chi connectivity index (χ4n) is 1.67. The van der Waals surface area contributed by atoms with E-state index in [1.54, 1.807) is 9.80 Å². The van der Waals surface area contributed by atoms with Crippen LogP contribution in [0.1, 0.15) is 40.5 Å². The van der Waals surface area contributed by atoms with E-state index >= 15 is 0 Å². The first kappa shape index (κ1) is 16.7. The van der Waals surface area contributed by atoms with E-state index in [9.17, 15) is 9.59 Å². The number of hydrogen-bond donors (Lipinski definition) is 1. The fraction of sp³-hybridized carbons (Fsp3) is 0.846. The van der Waals surface area contributed by atoms with Crippen molar-refractivity contribution in [1.82, 2.24) is 9.80 Å². The quantitative estimate of drug-likeness (QED) is 0.726. The van der Waals surface area contributed by atoms with Gasteiger partial charge < -0.3 is 14.9 Å². The van der Waals surface area contributed by atoms with Gasteiger partial charge in [0.25, 0.3) is 0 Å². The minimum atomic E-state index is -0.869. The summed E-state index contributed by atoms with van der Waals surface area (Å²) in [4.78, 5) is 26.2. The van der Waals surface area contributed by atoms with Gasteiger partial charge in [-0.05, 0) is 19.8 Å². The van der Waals surface area contributed by atoms with Gasteiger partial charge in [-0.15, -0.1) is 0 Å². The van der Waals surface area contributed by atoms with Crippen molar-refractivity contribution in [3.8, 4) is 0 Å². The lowest BCUT2D eigenvalue weighted by Gasteiger charge is -2.30. The summed E-state index contributed by atoms with van der Waals surface area (Å²) in [5.41, 5.74) is 0. The smallest absolute Gasteiger partial charge is 0.320 e. The maximum atomic E-state index is 12.2. The Bertz CT molecular complexity index is 269. The molecule has 1 atom stereocenters. The monoisotopic (exact) mass is 258 g/mol. The lowest BCUT2D eigenvalue weighted by Crippen LogP contribution is -2.45. The van der Waals surface area contributed by atoms with Gasteiger partial charge in [-0.1, -0.05) is 20.3 Å². The molecule has 0 aromatic heterocycles. The summed E-state index contributed by atoms with van der Waals surface area (Å²) in [6.45, 7) is 10.3. The molecule has 1 N–H and O–H groups in total. The first-order valence-electron chi connectivity index (χ1n) is 6.71. The molecule has 0 aliphatic rings. The van der Waals surface area contributed by atoms with E-state index in [4.69, 9.17) is 5.11 Å². The maximum absolute atomic E-state index is 12.2. The molecule has 5 heteroatoms. The molecule has 0 heterocycles. The zero-order chi connectivity index (χ0) is 14.1. The van der Waals surface area contributed by atoms with Gasteiger partial charge in [-0.3, -0.25) is 4.79 Å². The summed E-state index contributed by atoms with van der Waals surface area (Å²) in [6, 6.07) is -0.0541. The van der Waals surface area contributed by atoms with Crippen molar-refractivity contribution in [3.05, 3.63) is 0 Å². The van der Waals surface area contributed by atoms with Crippen LogP contribution in [-0.2, 0) is 4.79 Å². The van der Waals surface area contributed by atoms with Crippen LogP contribution in [0, 0.1) is 5.92 Å². The van der Waals surface area contributed by atoms with E-state index in [-0.39, 0.29) is 19.0 Å². The summed E-state index contributed by atoms with van der Waals surface area (Å²) in [7, 11) is 0. The number of carboxylic acids is 1. The number of rotatable bonds is 8. The molecule has 0 aliphatic carbocycles. The minimum absolute atomic E-state index is 0.000462. The summed E-state index contributed by atoms with van der Waals surface area (Å²) < 4.78 is 0. The fourth-order valence-corrected chi connectivity index (χ4v) is 1.67. The third-order valence-corrected chi connectivity index (χ3v) is 3.13. The number of amides is 2. The Morgan fingerprint density at radius 3 is 2.06 bits per heavy atom. The van der Waals surface area contributed by atoms with Gasteiger partial charge in [-0.2, -0.15) is 0 Å². The second-order valence-electron chi connectivity index (χ2n) is 4.56. The number of carbonyl (C=O) groups excluding carboxylic acids is 1. The number of carbonyl (C=O) groups is 2. The third kappa shape index (κ3) is 5.89. The number of hydrogen-bond acceptors (Lipinski definition) is 2. The van der Waals surface area contributed by atoms with Crippen LogP contribution in [0.4, 0.5) is 4.79 Å². The highest BCUT2D eigenvalue weighted by molar-refractivity contribution is 5.75. The summed E-state index contributed by atoms with van der Waals surface area (Å²) in [6.07, 6.45) is 1.03. The van der Waals surface area contributed by atoms with Crippen LogP contribution in [0.2, 0.25) is 0 Å². The first-order chi connectivity index (χ1) is 8.46. The van der Waals surface area contributed by atoms with E-state index in [1.807, 2.05) is 13.8 Å². The predicted octanol–water partition coefficient (Wildman–Crippen LogP) is 2.27.